The number of carbonyl (C=O) groups excluding carboxylic acids is 1. The minimum Gasteiger partial charge on any atom is -0.368 e. The smallest absolute Gasteiger partial charge is 0.223 e. The van der Waals surface area contributed by atoms with Crippen LogP contribution in [-0.4, -0.2) is 59.4 Å². The van der Waals surface area contributed by atoms with E-state index in [1.165, 1.54) is 0 Å². The largest absolute Gasteiger partial charge is 0.368 e. The topological polar surface area (TPSA) is 63.5 Å². The van der Waals surface area contributed by atoms with Crippen LogP contribution in [-0.2, 0) is 23.0 Å². The van der Waals surface area contributed by atoms with E-state index in [4.69, 9.17) is 4.74 Å². The summed E-state index contributed by atoms with van der Waals surface area (Å²) >= 11 is 0. The summed E-state index contributed by atoms with van der Waals surface area (Å²) in [5.41, 5.74) is 3.12. The number of morpholine rings is 1. The van der Waals surface area contributed by atoms with Gasteiger partial charge in [-0.3, -0.25) is 9.48 Å². The second kappa shape index (κ2) is 7.86. The van der Waals surface area contributed by atoms with Gasteiger partial charge in [-0.1, -0.05) is 6.07 Å². The van der Waals surface area contributed by atoms with Gasteiger partial charge >= 0.3 is 0 Å². The van der Waals surface area contributed by atoms with Crippen LogP contribution in [0.15, 0.2) is 24.4 Å². The average molecular weight is 357 g/mol. The molecule has 7 heteroatoms. The van der Waals surface area contributed by atoms with Gasteiger partial charge in [-0.2, -0.15) is 5.10 Å². The van der Waals surface area contributed by atoms with E-state index in [1.54, 1.807) is 0 Å². The molecule has 1 amide bonds. The first-order chi connectivity index (χ1) is 12.5. The predicted octanol–water partition coefficient (Wildman–Crippen LogP) is 1.72. The van der Waals surface area contributed by atoms with Gasteiger partial charge in [0.1, 0.15) is 11.9 Å². The van der Waals surface area contributed by atoms with Crippen molar-refractivity contribution < 1.29 is 9.53 Å². The number of hydrogen-bond donors (Lipinski definition) is 0. The molecule has 0 aliphatic carbocycles. The molecule has 1 saturated heterocycles. The Kier molecular flexibility index (Phi) is 5.56. The molecule has 3 rings (SSSR count). The van der Waals surface area contributed by atoms with Crippen molar-refractivity contribution in [3.8, 4) is 0 Å². The number of rotatable bonds is 5. The molecular weight excluding hydrogens is 330 g/mol. The summed E-state index contributed by atoms with van der Waals surface area (Å²) in [4.78, 5) is 21.2. The van der Waals surface area contributed by atoms with E-state index in [0.29, 0.717) is 26.1 Å². The molecule has 0 saturated carbocycles. The maximum Gasteiger partial charge on any atom is 0.223 e. The Morgan fingerprint density at radius 1 is 1.38 bits per heavy atom. The fourth-order valence-electron chi connectivity index (χ4n) is 3.11. The number of ether oxygens (including phenoxy) is 1. The standard InChI is InChI=1S/C19H27N5O2/c1-14-15(12-20-23(14)4)8-9-19(25)24-10-11-26-17(13-24)16-6-5-7-18(21-16)22(2)3/h5-7,12,17H,8-11,13H2,1-4H3. The number of pyridine rings is 1. The Balaban J connectivity index is 1.61. The van der Waals surface area contributed by atoms with Crippen molar-refractivity contribution in [2.24, 2.45) is 7.05 Å². The number of carbonyl (C=O) groups is 1. The summed E-state index contributed by atoms with van der Waals surface area (Å²) < 4.78 is 7.72. The zero-order chi connectivity index (χ0) is 18.7. The average Bonchev–Trinajstić information content (AvgIpc) is 2.98. The molecule has 0 N–H and O–H groups in total. The molecule has 1 aliphatic rings. The highest BCUT2D eigenvalue weighted by atomic mass is 16.5. The van der Waals surface area contributed by atoms with Gasteiger partial charge in [-0.25, -0.2) is 4.98 Å². The summed E-state index contributed by atoms with van der Waals surface area (Å²) in [6, 6.07) is 5.91. The Labute approximate surface area is 154 Å². The van der Waals surface area contributed by atoms with Gasteiger partial charge < -0.3 is 14.5 Å². The van der Waals surface area contributed by atoms with Crippen molar-refractivity contribution in [3.63, 3.8) is 0 Å². The van der Waals surface area contributed by atoms with Crippen molar-refractivity contribution in [1.29, 1.82) is 0 Å². The summed E-state index contributed by atoms with van der Waals surface area (Å²) in [6.07, 6.45) is 2.88. The normalized spacial score (nSPS) is 17.4. The number of hydrogen-bond acceptors (Lipinski definition) is 5. The zero-order valence-corrected chi connectivity index (χ0v) is 16.0. The van der Waals surface area contributed by atoms with Crippen LogP contribution in [0.4, 0.5) is 5.82 Å². The van der Waals surface area contributed by atoms with Gasteiger partial charge in [0.15, 0.2) is 0 Å². The third-order valence-corrected chi connectivity index (χ3v) is 4.91. The van der Waals surface area contributed by atoms with Gasteiger partial charge in [-0.15, -0.1) is 0 Å². The molecule has 7 nitrogen and oxygen atoms in total. The van der Waals surface area contributed by atoms with Gasteiger partial charge in [0.05, 0.1) is 25.0 Å². The third kappa shape index (κ3) is 4.04. The maximum atomic E-state index is 12.7. The van der Waals surface area contributed by atoms with Crippen LogP contribution in [0, 0.1) is 6.92 Å². The molecule has 1 unspecified atom stereocenters. The number of anilines is 1. The van der Waals surface area contributed by atoms with Crippen LogP contribution >= 0.6 is 0 Å². The molecule has 2 aromatic rings. The minimum atomic E-state index is -0.173. The molecular formula is C19H27N5O2. The second-order valence-corrected chi connectivity index (χ2v) is 6.89. The van der Waals surface area contributed by atoms with Crippen LogP contribution in [0.5, 0.6) is 0 Å². The predicted molar refractivity (Wildman–Crippen MR) is 100 cm³/mol. The van der Waals surface area contributed by atoms with E-state index in [2.05, 4.69) is 10.1 Å². The SMILES string of the molecule is Cc1c(CCC(=O)N2CCOC(c3cccc(N(C)C)n3)C2)cnn1C. The molecule has 26 heavy (non-hydrogen) atoms. The van der Waals surface area contributed by atoms with Crippen LogP contribution in [0.1, 0.15) is 29.5 Å². The van der Waals surface area contributed by atoms with Crippen LogP contribution in [0.25, 0.3) is 0 Å². The van der Waals surface area contributed by atoms with E-state index in [9.17, 15) is 4.79 Å². The lowest BCUT2D eigenvalue weighted by molar-refractivity contribution is -0.139. The zero-order valence-electron chi connectivity index (χ0n) is 16.0. The lowest BCUT2D eigenvalue weighted by Gasteiger charge is -2.33. The summed E-state index contributed by atoms with van der Waals surface area (Å²) in [5.74, 6) is 1.05. The van der Waals surface area contributed by atoms with E-state index in [0.717, 1.165) is 29.2 Å². The molecule has 0 aromatic carbocycles. The van der Waals surface area contributed by atoms with Gasteiger partial charge in [0.25, 0.3) is 0 Å². The Morgan fingerprint density at radius 3 is 2.88 bits per heavy atom. The van der Waals surface area contributed by atoms with Crippen molar-refractivity contribution in [1.82, 2.24) is 19.7 Å². The fraction of sp³-hybridized carbons (Fsp3) is 0.526. The summed E-state index contributed by atoms with van der Waals surface area (Å²) in [5, 5.41) is 4.24. The maximum absolute atomic E-state index is 12.7. The first-order valence-corrected chi connectivity index (χ1v) is 8.97. The first-order valence-electron chi connectivity index (χ1n) is 8.97. The van der Waals surface area contributed by atoms with E-state index in [-0.39, 0.29) is 12.0 Å². The monoisotopic (exact) mass is 357 g/mol. The van der Waals surface area contributed by atoms with Crippen LogP contribution < -0.4 is 4.90 Å². The van der Waals surface area contributed by atoms with E-state index in [1.807, 2.05) is 66.9 Å². The van der Waals surface area contributed by atoms with E-state index >= 15 is 0 Å². The highest BCUT2D eigenvalue weighted by Crippen LogP contribution is 2.23. The van der Waals surface area contributed by atoms with Gasteiger partial charge in [-0.05, 0) is 31.0 Å². The molecule has 1 atom stereocenters. The molecule has 0 radical (unpaired) electrons. The fourth-order valence-corrected chi connectivity index (χ4v) is 3.11. The lowest BCUT2D eigenvalue weighted by atomic mass is 10.1. The summed E-state index contributed by atoms with van der Waals surface area (Å²) in [6.45, 7) is 3.75. The molecule has 2 aromatic heterocycles. The number of aryl methyl sites for hydroxylation is 2. The summed E-state index contributed by atoms with van der Waals surface area (Å²) in [7, 11) is 5.84. The molecule has 0 spiro atoms. The molecule has 1 fully saturated rings. The molecule has 1 aliphatic heterocycles. The quantitative estimate of drug-likeness (QED) is 0.815. The van der Waals surface area contributed by atoms with Crippen molar-refractivity contribution >= 4 is 11.7 Å². The second-order valence-electron chi connectivity index (χ2n) is 6.89. The highest BCUT2D eigenvalue weighted by molar-refractivity contribution is 5.76. The molecule has 3 heterocycles. The Bertz CT molecular complexity index is 771. The first kappa shape index (κ1) is 18.4. The minimum absolute atomic E-state index is 0.158. The van der Waals surface area contributed by atoms with Crippen molar-refractivity contribution in [2.45, 2.75) is 25.9 Å². The molecule has 0 bridgehead atoms. The van der Waals surface area contributed by atoms with Gasteiger partial charge in [0, 0.05) is 39.8 Å². The highest BCUT2D eigenvalue weighted by Gasteiger charge is 2.26. The van der Waals surface area contributed by atoms with Crippen molar-refractivity contribution in [2.75, 3.05) is 38.7 Å². The number of amides is 1. The Hall–Kier alpha value is -2.41. The molecule has 140 valence electrons. The number of aromatic nitrogens is 3. The van der Waals surface area contributed by atoms with E-state index < -0.39 is 0 Å². The van der Waals surface area contributed by atoms with Crippen LogP contribution in [0.3, 0.4) is 0 Å². The van der Waals surface area contributed by atoms with Crippen LogP contribution in [0.2, 0.25) is 0 Å². The number of nitrogens with zero attached hydrogens (tertiary/aromatic N) is 5. The van der Waals surface area contributed by atoms with Gasteiger partial charge in [0.2, 0.25) is 5.91 Å². The lowest BCUT2D eigenvalue weighted by Crippen LogP contribution is -2.42. The third-order valence-electron chi connectivity index (χ3n) is 4.91. The Morgan fingerprint density at radius 2 is 2.19 bits per heavy atom. The van der Waals surface area contributed by atoms with Crippen molar-refractivity contribution in [3.05, 3.63) is 41.3 Å².